The standard InChI is InChI=1S/C22H20N4O5S2/c1-3-29-21(27)14(9-13-10-16(28-2)19-17(11-13)30-6-7-31-19)15-12-33-22-24-23-20(26(22)25-15)18-5-4-8-32-18/h4-5,8-11H,3,6-7,12H2,1-2H3/b14-9-. The van der Waals surface area contributed by atoms with Crippen LogP contribution in [-0.2, 0) is 9.53 Å². The van der Waals surface area contributed by atoms with E-state index in [-0.39, 0.29) is 6.61 Å². The number of methoxy groups -OCH3 is 1. The Bertz CT molecular complexity index is 1230. The van der Waals surface area contributed by atoms with Crippen molar-refractivity contribution in [1.29, 1.82) is 0 Å². The lowest BCUT2D eigenvalue weighted by Gasteiger charge is -2.21. The summed E-state index contributed by atoms with van der Waals surface area (Å²) in [5, 5.41) is 15.9. The number of hydrogen-bond donors (Lipinski definition) is 0. The van der Waals surface area contributed by atoms with Gasteiger partial charge in [0.05, 0.1) is 29.9 Å². The number of hydrogen-bond acceptors (Lipinski definition) is 10. The Morgan fingerprint density at radius 1 is 1.27 bits per heavy atom. The Morgan fingerprint density at radius 3 is 2.94 bits per heavy atom. The van der Waals surface area contributed by atoms with Gasteiger partial charge in [-0.15, -0.1) is 21.5 Å². The van der Waals surface area contributed by atoms with Crippen LogP contribution >= 0.6 is 23.1 Å². The lowest BCUT2D eigenvalue weighted by Crippen LogP contribution is -2.22. The molecule has 0 radical (unpaired) electrons. The molecule has 0 N–H and O–H groups in total. The molecule has 4 heterocycles. The molecule has 0 fully saturated rings. The van der Waals surface area contributed by atoms with Gasteiger partial charge in [0.2, 0.25) is 10.9 Å². The summed E-state index contributed by atoms with van der Waals surface area (Å²) in [6, 6.07) is 7.51. The van der Waals surface area contributed by atoms with E-state index in [0.717, 1.165) is 4.88 Å². The quantitative estimate of drug-likeness (QED) is 0.386. The van der Waals surface area contributed by atoms with Crippen LogP contribution in [0.4, 0.5) is 0 Å². The fraction of sp³-hybridized carbons (Fsp3) is 0.273. The molecule has 2 aliphatic rings. The molecule has 0 spiro atoms. The number of benzene rings is 1. The van der Waals surface area contributed by atoms with Crippen molar-refractivity contribution in [3.8, 4) is 28.0 Å². The van der Waals surface area contributed by atoms with Crippen LogP contribution in [0.1, 0.15) is 12.5 Å². The van der Waals surface area contributed by atoms with Crippen LogP contribution in [0.15, 0.2) is 45.5 Å². The SMILES string of the molecule is CCOC(=O)/C(=C\c1cc(OC)c2c(c1)OCCO2)C1=Nn2c(nnc2-c2cccs2)SC1. The third kappa shape index (κ3) is 4.21. The summed E-state index contributed by atoms with van der Waals surface area (Å²) in [5.74, 6) is 2.28. The van der Waals surface area contributed by atoms with E-state index in [0.29, 0.717) is 64.0 Å². The van der Waals surface area contributed by atoms with Crippen molar-refractivity contribution < 1.29 is 23.7 Å². The molecule has 33 heavy (non-hydrogen) atoms. The number of carbonyl (C=O) groups excluding carboxylic acids is 1. The molecule has 0 unspecified atom stereocenters. The van der Waals surface area contributed by atoms with Gasteiger partial charge < -0.3 is 18.9 Å². The van der Waals surface area contributed by atoms with Crippen LogP contribution in [0.3, 0.4) is 0 Å². The highest BCUT2D eigenvalue weighted by Crippen LogP contribution is 2.41. The third-order valence-corrected chi connectivity index (χ3v) is 6.68. The summed E-state index contributed by atoms with van der Waals surface area (Å²) in [5.41, 5.74) is 1.62. The zero-order valence-electron chi connectivity index (χ0n) is 17.9. The lowest BCUT2D eigenvalue weighted by molar-refractivity contribution is -0.137. The highest BCUT2D eigenvalue weighted by Gasteiger charge is 2.26. The van der Waals surface area contributed by atoms with Crippen LogP contribution in [0.2, 0.25) is 0 Å². The van der Waals surface area contributed by atoms with Crippen LogP contribution in [0.5, 0.6) is 17.2 Å². The number of thiophene rings is 1. The Morgan fingerprint density at radius 2 is 2.15 bits per heavy atom. The van der Waals surface area contributed by atoms with Gasteiger partial charge in [0.15, 0.2) is 17.3 Å². The molecule has 0 amide bonds. The van der Waals surface area contributed by atoms with E-state index in [1.54, 1.807) is 42.2 Å². The summed E-state index contributed by atoms with van der Waals surface area (Å²) >= 11 is 3.01. The predicted octanol–water partition coefficient (Wildman–Crippen LogP) is 3.74. The molecule has 0 atom stereocenters. The number of fused-ring (bicyclic) bond motifs is 2. The van der Waals surface area contributed by atoms with Crippen molar-refractivity contribution in [3.05, 3.63) is 40.8 Å². The molecule has 9 nitrogen and oxygen atoms in total. The molecule has 0 aliphatic carbocycles. The minimum absolute atomic E-state index is 0.249. The predicted molar refractivity (Wildman–Crippen MR) is 125 cm³/mol. The van der Waals surface area contributed by atoms with Crippen molar-refractivity contribution in [2.45, 2.75) is 12.1 Å². The maximum absolute atomic E-state index is 12.9. The van der Waals surface area contributed by atoms with Crippen LogP contribution < -0.4 is 14.2 Å². The van der Waals surface area contributed by atoms with Crippen molar-refractivity contribution in [2.75, 3.05) is 32.7 Å². The van der Waals surface area contributed by atoms with Crippen molar-refractivity contribution in [2.24, 2.45) is 5.10 Å². The van der Waals surface area contributed by atoms with Gasteiger partial charge in [-0.25, -0.2) is 4.79 Å². The van der Waals surface area contributed by atoms with Gasteiger partial charge in [-0.3, -0.25) is 0 Å². The molecule has 2 aliphatic heterocycles. The Balaban J connectivity index is 1.59. The van der Waals surface area contributed by atoms with Crippen LogP contribution in [0.25, 0.3) is 16.8 Å². The minimum Gasteiger partial charge on any atom is -0.493 e. The molecular formula is C22H20N4O5S2. The molecule has 0 bridgehead atoms. The summed E-state index contributed by atoms with van der Waals surface area (Å²) in [6.07, 6.45) is 1.73. The Kier molecular flexibility index (Phi) is 6.05. The maximum atomic E-state index is 12.9. The van der Waals surface area contributed by atoms with E-state index in [4.69, 9.17) is 24.0 Å². The van der Waals surface area contributed by atoms with E-state index < -0.39 is 5.97 Å². The fourth-order valence-electron chi connectivity index (χ4n) is 3.43. The number of nitrogens with zero attached hydrogens (tertiary/aromatic N) is 4. The summed E-state index contributed by atoms with van der Waals surface area (Å²) in [7, 11) is 1.56. The van der Waals surface area contributed by atoms with E-state index >= 15 is 0 Å². The second-order valence-corrected chi connectivity index (χ2v) is 8.85. The van der Waals surface area contributed by atoms with Crippen LogP contribution in [0, 0.1) is 0 Å². The minimum atomic E-state index is -0.458. The van der Waals surface area contributed by atoms with Crippen molar-refractivity contribution in [3.63, 3.8) is 0 Å². The maximum Gasteiger partial charge on any atom is 0.340 e. The second kappa shape index (κ2) is 9.28. The molecule has 170 valence electrons. The van der Waals surface area contributed by atoms with Crippen molar-refractivity contribution in [1.82, 2.24) is 14.9 Å². The van der Waals surface area contributed by atoms with E-state index in [9.17, 15) is 4.79 Å². The van der Waals surface area contributed by atoms with Gasteiger partial charge in [0.25, 0.3) is 0 Å². The molecular weight excluding hydrogens is 464 g/mol. The molecule has 11 heteroatoms. The number of ether oxygens (including phenoxy) is 4. The summed E-state index contributed by atoms with van der Waals surface area (Å²) in [6.45, 7) is 2.92. The highest BCUT2D eigenvalue weighted by molar-refractivity contribution is 7.99. The normalized spacial score (nSPS) is 15.0. The largest absolute Gasteiger partial charge is 0.493 e. The van der Waals surface area contributed by atoms with Gasteiger partial charge in [-0.05, 0) is 42.1 Å². The smallest absolute Gasteiger partial charge is 0.340 e. The number of aromatic nitrogens is 3. The van der Waals surface area contributed by atoms with Gasteiger partial charge >= 0.3 is 5.97 Å². The fourth-order valence-corrected chi connectivity index (χ4v) is 4.95. The second-order valence-electron chi connectivity index (χ2n) is 6.96. The van der Waals surface area contributed by atoms with Crippen molar-refractivity contribution >= 4 is 40.9 Å². The first-order valence-electron chi connectivity index (χ1n) is 10.2. The topological polar surface area (TPSA) is 97.1 Å². The van der Waals surface area contributed by atoms with Gasteiger partial charge in [0, 0.05) is 5.75 Å². The van der Waals surface area contributed by atoms with E-state index in [2.05, 4.69) is 10.2 Å². The zero-order chi connectivity index (χ0) is 22.8. The highest BCUT2D eigenvalue weighted by atomic mass is 32.2. The first-order valence-corrected chi connectivity index (χ1v) is 12.1. The average molecular weight is 485 g/mol. The van der Waals surface area contributed by atoms with E-state index in [1.165, 1.54) is 11.8 Å². The Hall–Kier alpha value is -3.31. The molecule has 1 aromatic carbocycles. The molecule has 2 aromatic heterocycles. The zero-order valence-corrected chi connectivity index (χ0v) is 19.6. The van der Waals surface area contributed by atoms with Crippen LogP contribution in [-0.4, -0.2) is 59.2 Å². The number of thioether (sulfide) groups is 1. The number of esters is 1. The summed E-state index contributed by atoms with van der Waals surface area (Å²) in [4.78, 5) is 13.9. The first kappa shape index (κ1) is 21.5. The van der Waals surface area contributed by atoms with Gasteiger partial charge in [0.1, 0.15) is 13.2 Å². The lowest BCUT2D eigenvalue weighted by atomic mass is 10.1. The molecule has 0 saturated heterocycles. The Labute approximate surface area is 198 Å². The molecule has 0 saturated carbocycles. The third-order valence-electron chi connectivity index (χ3n) is 4.88. The number of rotatable bonds is 6. The van der Waals surface area contributed by atoms with Gasteiger partial charge in [-0.1, -0.05) is 17.8 Å². The van der Waals surface area contributed by atoms with Gasteiger partial charge in [-0.2, -0.15) is 9.78 Å². The first-order chi connectivity index (χ1) is 16.2. The van der Waals surface area contributed by atoms with E-state index in [1.807, 2.05) is 23.6 Å². The molecule has 5 rings (SSSR count). The average Bonchev–Trinajstić information content (AvgIpc) is 3.51. The monoisotopic (exact) mass is 484 g/mol. The summed E-state index contributed by atoms with van der Waals surface area (Å²) < 4.78 is 23.9. The number of carbonyl (C=O) groups is 1. The molecule has 3 aromatic rings.